The third-order valence-electron chi connectivity index (χ3n) is 2.45. The first-order valence-corrected chi connectivity index (χ1v) is 5.30. The van der Waals surface area contributed by atoms with Crippen molar-refractivity contribution in [2.45, 2.75) is 26.2 Å². The molecule has 0 fully saturated rings. The summed E-state index contributed by atoms with van der Waals surface area (Å²) in [5.41, 5.74) is 1.72. The minimum absolute atomic E-state index is 0.119. The Kier molecular flexibility index (Phi) is 4.60. The van der Waals surface area contributed by atoms with Crippen molar-refractivity contribution in [2.24, 2.45) is 0 Å². The standard InChI is InChI=1S/C14H16O2/c1-4-5-6-7-13(15)12-9-8-11(2)14(10-12)16-3/h1,8-10H,5-7H2,2-3H3. The van der Waals surface area contributed by atoms with Crippen LogP contribution in [0.15, 0.2) is 18.2 Å². The van der Waals surface area contributed by atoms with Gasteiger partial charge in [0.15, 0.2) is 5.78 Å². The Morgan fingerprint density at radius 1 is 1.50 bits per heavy atom. The minimum atomic E-state index is 0.119. The summed E-state index contributed by atoms with van der Waals surface area (Å²) in [6.45, 7) is 1.95. The lowest BCUT2D eigenvalue weighted by atomic mass is 10.0. The van der Waals surface area contributed by atoms with E-state index < -0.39 is 0 Å². The predicted molar refractivity (Wildman–Crippen MR) is 64.7 cm³/mol. The number of methoxy groups -OCH3 is 1. The van der Waals surface area contributed by atoms with Gasteiger partial charge in [0.05, 0.1) is 7.11 Å². The van der Waals surface area contributed by atoms with Crippen LogP contribution in [-0.4, -0.2) is 12.9 Å². The van der Waals surface area contributed by atoms with Gasteiger partial charge < -0.3 is 4.74 Å². The van der Waals surface area contributed by atoms with Crippen LogP contribution in [0.1, 0.15) is 35.2 Å². The normalized spacial score (nSPS) is 9.56. The number of ether oxygens (including phenoxy) is 1. The zero-order valence-electron chi connectivity index (χ0n) is 9.75. The number of aryl methyl sites for hydroxylation is 1. The lowest BCUT2D eigenvalue weighted by Crippen LogP contribution is -2.00. The van der Waals surface area contributed by atoms with Crippen LogP contribution < -0.4 is 4.74 Å². The van der Waals surface area contributed by atoms with Crippen molar-refractivity contribution in [3.8, 4) is 18.1 Å². The second-order valence-corrected chi connectivity index (χ2v) is 3.67. The highest BCUT2D eigenvalue weighted by molar-refractivity contribution is 5.96. The van der Waals surface area contributed by atoms with Crippen molar-refractivity contribution < 1.29 is 9.53 Å². The van der Waals surface area contributed by atoms with E-state index in [2.05, 4.69) is 5.92 Å². The first-order valence-electron chi connectivity index (χ1n) is 5.30. The van der Waals surface area contributed by atoms with Crippen molar-refractivity contribution in [2.75, 3.05) is 7.11 Å². The molecule has 84 valence electrons. The molecule has 0 heterocycles. The molecule has 0 aliphatic carbocycles. The highest BCUT2D eigenvalue weighted by Gasteiger charge is 2.07. The van der Waals surface area contributed by atoms with Crippen LogP contribution in [0.25, 0.3) is 0 Å². The number of carbonyl (C=O) groups excluding carboxylic acids is 1. The van der Waals surface area contributed by atoms with Gasteiger partial charge in [0.2, 0.25) is 0 Å². The molecule has 1 aromatic rings. The molecule has 0 amide bonds. The number of benzene rings is 1. The number of terminal acetylenes is 1. The first-order chi connectivity index (χ1) is 7.69. The Morgan fingerprint density at radius 3 is 2.88 bits per heavy atom. The molecule has 0 atom stereocenters. The maximum absolute atomic E-state index is 11.8. The molecule has 0 spiro atoms. The van der Waals surface area contributed by atoms with Crippen molar-refractivity contribution in [1.82, 2.24) is 0 Å². The molecule has 1 rings (SSSR count). The number of hydrogen-bond donors (Lipinski definition) is 0. The van der Waals surface area contributed by atoms with Crippen LogP contribution in [0.5, 0.6) is 5.75 Å². The summed E-state index contributed by atoms with van der Waals surface area (Å²) in [4.78, 5) is 11.8. The van der Waals surface area contributed by atoms with Gasteiger partial charge >= 0.3 is 0 Å². The molecule has 1 aromatic carbocycles. The van der Waals surface area contributed by atoms with Crippen molar-refractivity contribution in [3.63, 3.8) is 0 Å². The van der Waals surface area contributed by atoms with E-state index in [0.717, 1.165) is 17.7 Å². The topological polar surface area (TPSA) is 26.3 Å². The smallest absolute Gasteiger partial charge is 0.163 e. The summed E-state index contributed by atoms with van der Waals surface area (Å²) >= 11 is 0. The second kappa shape index (κ2) is 5.97. The van der Waals surface area contributed by atoms with Crippen LogP contribution in [0.2, 0.25) is 0 Å². The van der Waals surface area contributed by atoms with E-state index in [9.17, 15) is 4.79 Å². The fraction of sp³-hybridized carbons (Fsp3) is 0.357. The largest absolute Gasteiger partial charge is 0.496 e. The van der Waals surface area contributed by atoms with Gasteiger partial charge in [-0.3, -0.25) is 4.79 Å². The number of rotatable bonds is 5. The molecule has 0 aliphatic heterocycles. The third kappa shape index (κ3) is 3.13. The van der Waals surface area contributed by atoms with Crippen LogP contribution in [0, 0.1) is 19.3 Å². The molecule has 0 N–H and O–H groups in total. The van der Waals surface area contributed by atoms with Gasteiger partial charge in [-0.25, -0.2) is 0 Å². The van der Waals surface area contributed by atoms with E-state index >= 15 is 0 Å². The summed E-state index contributed by atoms with van der Waals surface area (Å²) in [5.74, 6) is 3.40. The summed E-state index contributed by atoms with van der Waals surface area (Å²) in [6.07, 6.45) is 7.02. The maximum atomic E-state index is 11.8. The van der Waals surface area contributed by atoms with Gasteiger partial charge in [-0.2, -0.15) is 0 Å². The summed E-state index contributed by atoms with van der Waals surface area (Å²) in [7, 11) is 1.61. The van der Waals surface area contributed by atoms with Crippen molar-refractivity contribution >= 4 is 5.78 Å². The Morgan fingerprint density at radius 2 is 2.25 bits per heavy atom. The van der Waals surface area contributed by atoms with E-state index in [1.807, 2.05) is 19.1 Å². The summed E-state index contributed by atoms with van der Waals surface area (Å²) in [5, 5.41) is 0. The van der Waals surface area contributed by atoms with E-state index in [0.29, 0.717) is 18.4 Å². The monoisotopic (exact) mass is 216 g/mol. The lowest BCUT2D eigenvalue weighted by molar-refractivity contribution is 0.0980. The van der Waals surface area contributed by atoms with Crippen LogP contribution in [0.3, 0.4) is 0 Å². The Hall–Kier alpha value is -1.75. The highest BCUT2D eigenvalue weighted by atomic mass is 16.5. The zero-order chi connectivity index (χ0) is 12.0. The number of ketones is 1. The number of carbonyl (C=O) groups is 1. The molecule has 0 unspecified atom stereocenters. The van der Waals surface area contributed by atoms with E-state index in [-0.39, 0.29) is 5.78 Å². The maximum Gasteiger partial charge on any atom is 0.163 e. The molecule has 0 saturated heterocycles. The predicted octanol–water partition coefficient (Wildman–Crippen LogP) is 2.99. The lowest BCUT2D eigenvalue weighted by Gasteiger charge is -2.06. The zero-order valence-corrected chi connectivity index (χ0v) is 9.75. The average molecular weight is 216 g/mol. The SMILES string of the molecule is C#CCCCC(=O)c1ccc(C)c(OC)c1. The van der Waals surface area contributed by atoms with Crippen LogP contribution >= 0.6 is 0 Å². The fourth-order valence-corrected chi connectivity index (χ4v) is 1.49. The van der Waals surface area contributed by atoms with Crippen LogP contribution in [-0.2, 0) is 0 Å². The number of unbranched alkanes of at least 4 members (excludes halogenated alkanes) is 1. The molecular formula is C14H16O2. The quantitative estimate of drug-likeness (QED) is 0.429. The molecule has 0 aliphatic rings. The van der Waals surface area contributed by atoms with E-state index in [1.165, 1.54) is 0 Å². The molecular weight excluding hydrogens is 200 g/mol. The van der Waals surface area contributed by atoms with E-state index in [1.54, 1.807) is 13.2 Å². The fourth-order valence-electron chi connectivity index (χ4n) is 1.49. The van der Waals surface area contributed by atoms with Gasteiger partial charge in [0.1, 0.15) is 5.75 Å². The Bertz CT molecular complexity index is 413. The van der Waals surface area contributed by atoms with E-state index in [4.69, 9.17) is 11.2 Å². The minimum Gasteiger partial charge on any atom is -0.496 e. The Balaban J connectivity index is 2.73. The van der Waals surface area contributed by atoms with Gasteiger partial charge in [-0.1, -0.05) is 12.1 Å². The molecule has 16 heavy (non-hydrogen) atoms. The summed E-state index contributed by atoms with van der Waals surface area (Å²) < 4.78 is 5.18. The summed E-state index contributed by atoms with van der Waals surface area (Å²) in [6, 6.07) is 5.51. The second-order valence-electron chi connectivity index (χ2n) is 3.67. The van der Waals surface area contributed by atoms with Gasteiger partial charge in [0.25, 0.3) is 0 Å². The molecule has 0 aromatic heterocycles. The molecule has 0 radical (unpaired) electrons. The molecule has 0 saturated carbocycles. The average Bonchev–Trinajstić information content (AvgIpc) is 2.30. The number of Topliss-reactive ketones (excluding diaryl/α,β-unsaturated/α-hetero) is 1. The van der Waals surface area contributed by atoms with Gasteiger partial charge in [-0.15, -0.1) is 12.3 Å². The molecule has 0 bridgehead atoms. The first kappa shape index (κ1) is 12.3. The molecule has 2 nitrogen and oxygen atoms in total. The van der Waals surface area contributed by atoms with Gasteiger partial charge in [0, 0.05) is 18.4 Å². The van der Waals surface area contributed by atoms with Crippen molar-refractivity contribution in [3.05, 3.63) is 29.3 Å². The van der Waals surface area contributed by atoms with Gasteiger partial charge in [-0.05, 0) is 25.0 Å². The van der Waals surface area contributed by atoms with Crippen molar-refractivity contribution in [1.29, 1.82) is 0 Å². The number of hydrogen-bond acceptors (Lipinski definition) is 2. The third-order valence-corrected chi connectivity index (χ3v) is 2.45. The molecule has 2 heteroatoms. The van der Waals surface area contributed by atoms with Crippen LogP contribution in [0.4, 0.5) is 0 Å². The highest BCUT2D eigenvalue weighted by Crippen LogP contribution is 2.20. The Labute approximate surface area is 96.6 Å².